The molecule has 2 rings (SSSR count). The van der Waals surface area contributed by atoms with Crippen LogP contribution in [-0.2, 0) is 5.60 Å². The van der Waals surface area contributed by atoms with Gasteiger partial charge in [0.15, 0.2) is 0 Å². The van der Waals surface area contributed by atoms with Gasteiger partial charge in [0.25, 0.3) is 5.89 Å². The molecule has 2 aromatic rings. The average molecular weight is 219 g/mol. The van der Waals surface area contributed by atoms with Crippen molar-refractivity contribution in [2.45, 2.75) is 19.4 Å². The van der Waals surface area contributed by atoms with Crippen LogP contribution in [0.25, 0.3) is 11.4 Å². The van der Waals surface area contributed by atoms with Gasteiger partial charge in [0.1, 0.15) is 5.60 Å². The van der Waals surface area contributed by atoms with Crippen LogP contribution in [0.4, 0.5) is 5.69 Å². The summed E-state index contributed by atoms with van der Waals surface area (Å²) in [4.78, 5) is 4.11. The Morgan fingerprint density at radius 3 is 2.69 bits per heavy atom. The van der Waals surface area contributed by atoms with Gasteiger partial charge in [-0.05, 0) is 26.0 Å². The number of nitrogens with zero attached hydrogens (tertiary/aromatic N) is 2. The fourth-order valence-corrected chi connectivity index (χ4v) is 1.27. The second-order valence-corrected chi connectivity index (χ2v) is 4.11. The topological polar surface area (TPSA) is 85.2 Å². The number of nitrogens with two attached hydrogens (primary N) is 1. The van der Waals surface area contributed by atoms with E-state index in [9.17, 15) is 5.11 Å². The summed E-state index contributed by atoms with van der Waals surface area (Å²) in [5.74, 6) is 0.606. The highest BCUT2D eigenvalue weighted by Gasteiger charge is 2.24. The van der Waals surface area contributed by atoms with E-state index in [2.05, 4.69) is 10.1 Å². The van der Waals surface area contributed by atoms with Crippen LogP contribution in [0.2, 0.25) is 0 Å². The predicted molar refractivity (Wildman–Crippen MR) is 59.4 cm³/mol. The largest absolute Gasteiger partial charge is 0.399 e. The molecule has 0 fully saturated rings. The minimum absolute atomic E-state index is 0.185. The number of benzene rings is 1. The Bertz CT molecular complexity index is 500. The number of rotatable bonds is 2. The molecule has 84 valence electrons. The van der Waals surface area contributed by atoms with Gasteiger partial charge in [0.2, 0.25) is 5.82 Å². The van der Waals surface area contributed by atoms with Gasteiger partial charge < -0.3 is 15.4 Å². The summed E-state index contributed by atoms with van der Waals surface area (Å²) in [6.07, 6.45) is 0. The minimum Gasteiger partial charge on any atom is -0.399 e. The first kappa shape index (κ1) is 10.6. The van der Waals surface area contributed by atoms with Crippen molar-refractivity contribution in [3.63, 3.8) is 0 Å². The summed E-state index contributed by atoms with van der Waals surface area (Å²) >= 11 is 0. The second-order valence-electron chi connectivity index (χ2n) is 4.11. The van der Waals surface area contributed by atoms with E-state index in [0.717, 1.165) is 5.56 Å². The zero-order valence-electron chi connectivity index (χ0n) is 9.14. The second kappa shape index (κ2) is 3.61. The highest BCUT2D eigenvalue weighted by atomic mass is 16.5. The van der Waals surface area contributed by atoms with Crippen LogP contribution in [0.1, 0.15) is 19.7 Å². The van der Waals surface area contributed by atoms with E-state index in [-0.39, 0.29) is 5.89 Å². The van der Waals surface area contributed by atoms with Crippen LogP contribution in [0.3, 0.4) is 0 Å². The van der Waals surface area contributed by atoms with Crippen molar-refractivity contribution in [3.05, 3.63) is 30.2 Å². The molecule has 16 heavy (non-hydrogen) atoms. The lowest BCUT2D eigenvalue weighted by molar-refractivity contribution is 0.0420. The first-order valence-electron chi connectivity index (χ1n) is 4.89. The molecule has 0 atom stereocenters. The first-order valence-corrected chi connectivity index (χ1v) is 4.89. The zero-order chi connectivity index (χ0) is 11.8. The lowest BCUT2D eigenvalue weighted by Crippen LogP contribution is -2.15. The number of aliphatic hydroxyl groups is 1. The normalized spacial score (nSPS) is 11.7. The average Bonchev–Trinajstić information content (AvgIpc) is 2.65. The highest BCUT2D eigenvalue weighted by molar-refractivity contribution is 5.60. The van der Waals surface area contributed by atoms with Crippen molar-refractivity contribution >= 4 is 5.69 Å². The predicted octanol–water partition coefficient (Wildman–Crippen LogP) is 1.55. The molecular weight excluding hydrogens is 206 g/mol. The summed E-state index contributed by atoms with van der Waals surface area (Å²) in [6, 6.07) is 7.17. The molecule has 0 bridgehead atoms. The molecule has 5 heteroatoms. The van der Waals surface area contributed by atoms with Crippen molar-refractivity contribution in [3.8, 4) is 11.4 Å². The summed E-state index contributed by atoms with van der Waals surface area (Å²) in [5.41, 5.74) is 5.91. The summed E-state index contributed by atoms with van der Waals surface area (Å²) in [6.45, 7) is 3.17. The van der Waals surface area contributed by atoms with Crippen LogP contribution in [-0.4, -0.2) is 15.2 Å². The SMILES string of the molecule is CC(C)(O)c1nc(-c2cccc(N)c2)no1. The van der Waals surface area contributed by atoms with Gasteiger partial charge in [-0.2, -0.15) is 4.98 Å². The third kappa shape index (κ3) is 2.04. The van der Waals surface area contributed by atoms with Crippen molar-refractivity contribution < 1.29 is 9.63 Å². The molecule has 3 N–H and O–H groups in total. The summed E-state index contributed by atoms with van der Waals surface area (Å²) in [5, 5.41) is 13.5. The summed E-state index contributed by atoms with van der Waals surface area (Å²) in [7, 11) is 0. The Hall–Kier alpha value is -1.88. The Kier molecular flexibility index (Phi) is 2.40. The molecule has 0 saturated carbocycles. The van der Waals surface area contributed by atoms with Crippen molar-refractivity contribution in [2.24, 2.45) is 0 Å². The lowest BCUT2D eigenvalue weighted by Gasteiger charge is -2.09. The smallest absolute Gasteiger partial charge is 0.258 e. The molecule has 0 unspecified atom stereocenters. The van der Waals surface area contributed by atoms with E-state index in [1.165, 1.54) is 0 Å². The van der Waals surface area contributed by atoms with E-state index in [4.69, 9.17) is 10.3 Å². The molecule has 5 nitrogen and oxygen atoms in total. The molecule has 1 aromatic heterocycles. The van der Waals surface area contributed by atoms with Crippen LogP contribution in [0.5, 0.6) is 0 Å². The van der Waals surface area contributed by atoms with Gasteiger partial charge in [-0.1, -0.05) is 17.3 Å². The molecule has 0 aliphatic heterocycles. The van der Waals surface area contributed by atoms with Crippen LogP contribution < -0.4 is 5.73 Å². The van der Waals surface area contributed by atoms with E-state index < -0.39 is 5.60 Å². The Morgan fingerprint density at radius 1 is 1.38 bits per heavy atom. The maximum Gasteiger partial charge on any atom is 0.258 e. The van der Waals surface area contributed by atoms with E-state index in [0.29, 0.717) is 11.5 Å². The Labute approximate surface area is 92.9 Å². The number of nitrogen functional groups attached to an aromatic ring is 1. The minimum atomic E-state index is -1.13. The molecule has 0 aliphatic rings. The molecular formula is C11H13N3O2. The maximum atomic E-state index is 9.68. The quantitative estimate of drug-likeness (QED) is 0.748. The first-order chi connectivity index (χ1) is 7.47. The highest BCUT2D eigenvalue weighted by Crippen LogP contribution is 2.22. The standard InChI is InChI=1S/C11H13N3O2/c1-11(2,15)10-13-9(14-16-10)7-4-3-5-8(12)6-7/h3-6,15H,12H2,1-2H3. The Balaban J connectivity index is 2.39. The summed E-state index contributed by atoms with van der Waals surface area (Å²) < 4.78 is 4.97. The van der Waals surface area contributed by atoms with Gasteiger partial charge in [0.05, 0.1) is 0 Å². The van der Waals surface area contributed by atoms with E-state index in [1.54, 1.807) is 26.0 Å². The van der Waals surface area contributed by atoms with Gasteiger partial charge in [-0.25, -0.2) is 0 Å². The van der Waals surface area contributed by atoms with Crippen LogP contribution >= 0.6 is 0 Å². The third-order valence-corrected chi connectivity index (χ3v) is 2.09. The molecule has 0 amide bonds. The van der Waals surface area contributed by atoms with Crippen LogP contribution in [0, 0.1) is 0 Å². The third-order valence-electron chi connectivity index (χ3n) is 2.09. The number of hydrogen-bond donors (Lipinski definition) is 2. The molecule has 1 aromatic carbocycles. The zero-order valence-corrected chi connectivity index (χ0v) is 9.14. The molecule has 0 spiro atoms. The van der Waals surface area contributed by atoms with E-state index >= 15 is 0 Å². The van der Waals surface area contributed by atoms with Gasteiger partial charge in [-0.15, -0.1) is 0 Å². The maximum absolute atomic E-state index is 9.68. The fourth-order valence-electron chi connectivity index (χ4n) is 1.27. The van der Waals surface area contributed by atoms with Gasteiger partial charge in [-0.3, -0.25) is 0 Å². The van der Waals surface area contributed by atoms with Crippen LogP contribution in [0.15, 0.2) is 28.8 Å². The number of aromatic nitrogens is 2. The fraction of sp³-hybridized carbons (Fsp3) is 0.273. The molecule has 0 radical (unpaired) electrons. The van der Waals surface area contributed by atoms with Gasteiger partial charge >= 0.3 is 0 Å². The number of hydrogen-bond acceptors (Lipinski definition) is 5. The molecule has 1 heterocycles. The Morgan fingerprint density at radius 2 is 2.12 bits per heavy atom. The lowest BCUT2D eigenvalue weighted by atomic mass is 10.1. The van der Waals surface area contributed by atoms with E-state index in [1.807, 2.05) is 12.1 Å². The van der Waals surface area contributed by atoms with Crippen molar-refractivity contribution in [1.82, 2.24) is 10.1 Å². The molecule has 0 aliphatic carbocycles. The number of anilines is 1. The van der Waals surface area contributed by atoms with Gasteiger partial charge in [0, 0.05) is 11.3 Å². The van der Waals surface area contributed by atoms with Crippen molar-refractivity contribution in [2.75, 3.05) is 5.73 Å². The van der Waals surface area contributed by atoms with Crippen molar-refractivity contribution in [1.29, 1.82) is 0 Å². The monoisotopic (exact) mass is 219 g/mol. The molecule has 0 saturated heterocycles.